The summed E-state index contributed by atoms with van der Waals surface area (Å²) in [5.74, 6) is 1.57. The van der Waals surface area contributed by atoms with Gasteiger partial charge in [0, 0.05) is 13.2 Å². The number of allylic oxidation sites excluding steroid dienone is 1. The van der Waals surface area contributed by atoms with Gasteiger partial charge in [-0.2, -0.15) is 5.26 Å². The van der Waals surface area contributed by atoms with E-state index in [4.69, 9.17) is 10.00 Å². The first-order chi connectivity index (χ1) is 12.8. The van der Waals surface area contributed by atoms with Crippen LogP contribution >= 0.6 is 0 Å². The topological polar surface area (TPSA) is 33.0 Å². The van der Waals surface area contributed by atoms with Crippen LogP contribution in [0.2, 0.25) is 0 Å². The molecule has 1 aromatic carbocycles. The number of benzene rings is 1. The summed E-state index contributed by atoms with van der Waals surface area (Å²) < 4.78 is 5.80. The maximum atomic E-state index is 8.90. The van der Waals surface area contributed by atoms with Gasteiger partial charge >= 0.3 is 0 Å². The molecule has 2 rings (SSSR count). The summed E-state index contributed by atoms with van der Waals surface area (Å²) in [5, 5.41) is 8.90. The van der Waals surface area contributed by atoms with Crippen LogP contribution in [0.5, 0.6) is 0 Å². The number of hydrogen-bond donors (Lipinski definition) is 0. The fraction of sp³-hybridized carbons (Fsp3) is 0.625. The van der Waals surface area contributed by atoms with E-state index in [-0.39, 0.29) is 0 Å². The maximum absolute atomic E-state index is 8.90. The van der Waals surface area contributed by atoms with Gasteiger partial charge in [0.05, 0.1) is 11.6 Å². The summed E-state index contributed by atoms with van der Waals surface area (Å²) in [6.45, 7) is 5.62. The Labute approximate surface area is 160 Å². The van der Waals surface area contributed by atoms with Gasteiger partial charge in [-0.1, -0.05) is 31.1 Å². The lowest BCUT2D eigenvalue weighted by molar-refractivity contribution is 0.120. The Morgan fingerprint density at radius 3 is 2.35 bits per heavy atom. The Hall–Kier alpha value is -1.59. The zero-order chi connectivity index (χ0) is 18.5. The van der Waals surface area contributed by atoms with Gasteiger partial charge in [-0.25, -0.2) is 0 Å². The van der Waals surface area contributed by atoms with Gasteiger partial charge in [0.2, 0.25) is 0 Å². The standard InChI is InChI=1S/C24H35NO/c1-2-3-4-5-6-7-18-26-19-8-9-21-10-14-23(15-11-21)24-16-12-22(20-25)13-17-24/h2,12-13,16-17,21,23H,1,3-11,14-15,18-19H2. The molecule has 1 fully saturated rings. The number of hydrogen-bond acceptors (Lipinski definition) is 2. The van der Waals surface area contributed by atoms with Crippen LogP contribution in [0.4, 0.5) is 0 Å². The van der Waals surface area contributed by atoms with E-state index in [2.05, 4.69) is 24.8 Å². The van der Waals surface area contributed by atoms with Gasteiger partial charge in [-0.3, -0.25) is 0 Å². The molecular formula is C24H35NO. The SMILES string of the molecule is C=CCCCCCCOCCCC1CCC(c2ccc(C#N)cc2)CC1. The molecule has 0 spiro atoms. The Bertz CT molecular complexity index is 534. The molecule has 0 amide bonds. The third-order valence-corrected chi connectivity index (χ3v) is 5.71. The van der Waals surface area contributed by atoms with Crippen LogP contribution in [-0.2, 0) is 4.74 Å². The summed E-state index contributed by atoms with van der Waals surface area (Å²) in [6.07, 6.45) is 16.0. The van der Waals surface area contributed by atoms with Crippen molar-refractivity contribution >= 4 is 0 Å². The molecule has 0 unspecified atom stereocenters. The predicted octanol–water partition coefficient (Wildman–Crippen LogP) is 6.77. The second-order valence-electron chi connectivity index (χ2n) is 7.70. The van der Waals surface area contributed by atoms with Crippen molar-refractivity contribution in [3.8, 4) is 6.07 Å². The van der Waals surface area contributed by atoms with Crippen molar-refractivity contribution in [1.82, 2.24) is 0 Å². The zero-order valence-corrected chi connectivity index (χ0v) is 16.3. The van der Waals surface area contributed by atoms with Crippen molar-refractivity contribution in [1.29, 1.82) is 5.26 Å². The normalized spacial score (nSPS) is 19.8. The lowest BCUT2D eigenvalue weighted by Crippen LogP contribution is -2.14. The molecule has 0 aliphatic heterocycles. The van der Waals surface area contributed by atoms with Crippen molar-refractivity contribution in [3.05, 3.63) is 48.0 Å². The fourth-order valence-electron chi connectivity index (χ4n) is 4.04. The average Bonchev–Trinajstić information content (AvgIpc) is 2.70. The van der Waals surface area contributed by atoms with Crippen LogP contribution in [0.15, 0.2) is 36.9 Å². The van der Waals surface area contributed by atoms with Crippen LogP contribution in [0.3, 0.4) is 0 Å². The van der Waals surface area contributed by atoms with E-state index in [1.807, 2.05) is 18.2 Å². The second kappa shape index (κ2) is 12.7. The summed E-state index contributed by atoms with van der Waals surface area (Å²) in [4.78, 5) is 0. The molecule has 0 bridgehead atoms. The minimum absolute atomic E-state index is 0.691. The third kappa shape index (κ3) is 7.75. The van der Waals surface area contributed by atoms with E-state index in [0.717, 1.165) is 31.1 Å². The van der Waals surface area contributed by atoms with Crippen LogP contribution < -0.4 is 0 Å². The maximum Gasteiger partial charge on any atom is 0.0991 e. The molecule has 1 saturated carbocycles. The highest BCUT2D eigenvalue weighted by Gasteiger charge is 2.21. The Kier molecular flexibility index (Phi) is 10.1. The van der Waals surface area contributed by atoms with E-state index in [1.54, 1.807) is 0 Å². The van der Waals surface area contributed by atoms with Crippen molar-refractivity contribution in [2.75, 3.05) is 13.2 Å². The summed E-state index contributed by atoms with van der Waals surface area (Å²) in [6, 6.07) is 10.4. The predicted molar refractivity (Wildman–Crippen MR) is 109 cm³/mol. The number of nitriles is 1. The van der Waals surface area contributed by atoms with Crippen LogP contribution in [0.1, 0.15) is 87.7 Å². The molecule has 0 atom stereocenters. The van der Waals surface area contributed by atoms with E-state index in [1.165, 1.54) is 69.8 Å². The number of unbranched alkanes of at least 4 members (excludes halogenated alkanes) is 4. The molecule has 0 radical (unpaired) electrons. The minimum atomic E-state index is 0.691. The van der Waals surface area contributed by atoms with Crippen LogP contribution in [0.25, 0.3) is 0 Å². The lowest BCUT2D eigenvalue weighted by atomic mass is 9.77. The highest BCUT2D eigenvalue weighted by atomic mass is 16.5. The summed E-state index contributed by atoms with van der Waals surface area (Å²) >= 11 is 0. The van der Waals surface area contributed by atoms with E-state index in [9.17, 15) is 0 Å². The molecule has 26 heavy (non-hydrogen) atoms. The first-order valence-corrected chi connectivity index (χ1v) is 10.5. The van der Waals surface area contributed by atoms with Crippen molar-refractivity contribution in [2.24, 2.45) is 5.92 Å². The highest BCUT2D eigenvalue weighted by molar-refractivity contribution is 5.33. The minimum Gasteiger partial charge on any atom is -0.381 e. The molecule has 2 heteroatoms. The van der Waals surface area contributed by atoms with Gasteiger partial charge in [0.25, 0.3) is 0 Å². The Morgan fingerprint density at radius 2 is 1.65 bits per heavy atom. The van der Waals surface area contributed by atoms with Crippen molar-refractivity contribution in [3.63, 3.8) is 0 Å². The molecule has 2 nitrogen and oxygen atoms in total. The molecule has 142 valence electrons. The van der Waals surface area contributed by atoms with Gasteiger partial charge in [0.15, 0.2) is 0 Å². The quantitative estimate of drug-likeness (QED) is 0.307. The average molecular weight is 354 g/mol. The van der Waals surface area contributed by atoms with Crippen molar-refractivity contribution < 1.29 is 4.74 Å². The monoisotopic (exact) mass is 353 g/mol. The van der Waals surface area contributed by atoms with E-state index < -0.39 is 0 Å². The van der Waals surface area contributed by atoms with E-state index in [0.29, 0.717) is 5.92 Å². The smallest absolute Gasteiger partial charge is 0.0991 e. The van der Waals surface area contributed by atoms with Gasteiger partial charge < -0.3 is 4.74 Å². The van der Waals surface area contributed by atoms with Crippen LogP contribution in [-0.4, -0.2) is 13.2 Å². The summed E-state index contributed by atoms with van der Waals surface area (Å²) in [5.41, 5.74) is 2.18. The molecule has 0 saturated heterocycles. The molecular weight excluding hydrogens is 318 g/mol. The molecule has 0 aromatic heterocycles. The Morgan fingerprint density at radius 1 is 0.962 bits per heavy atom. The van der Waals surface area contributed by atoms with Crippen molar-refractivity contribution in [2.45, 2.75) is 76.5 Å². The number of ether oxygens (including phenoxy) is 1. The van der Waals surface area contributed by atoms with Crippen LogP contribution in [0, 0.1) is 17.2 Å². The summed E-state index contributed by atoms with van der Waals surface area (Å²) in [7, 11) is 0. The third-order valence-electron chi connectivity index (χ3n) is 5.71. The lowest BCUT2D eigenvalue weighted by Gasteiger charge is -2.28. The first-order valence-electron chi connectivity index (χ1n) is 10.5. The number of nitrogens with zero attached hydrogens (tertiary/aromatic N) is 1. The van der Waals surface area contributed by atoms with E-state index >= 15 is 0 Å². The molecule has 1 aromatic rings. The highest BCUT2D eigenvalue weighted by Crippen LogP contribution is 2.37. The van der Waals surface area contributed by atoms with Gasteiger partial charge in [0.1, 0.15) is 0 Å². The van der Waals surface area contributed by atoms with Gasteiger partial charge in [-0.15, -0.1) is 6.58 Å². The Balaban J connectivity index is 1.49. The molecule has 0 N–H and O–H groups in total. The molecule has 1 aliphatic carbocycles. The largest absolute Gasteiger partial charge is 0.381 e. The fourth-order valence-corrected chi connectivity index (χ4v) is 4.04. The van der Waals surface area contributed by atoms with Gasteiger partial charge in [-0.05, 0) is 87.3 Å². The number of rotatable bonds is 12. The first kappa shape index (κ1) is 20.7. The molecule has 1 aliphatic rings. The second-order valence-corrected chi connectivity index (χ2v) is 7.70. The molecule has 0 heterocycles. The zero-order valence-electron chi connectivity index (χ0n) is 16.3.